The minimum absolute atomic E-state index is 0.364. The molecule has 0 fully saturated rings. The van der Waals surface area contributed by atoms with Gasteiger partial charge < -0.3 is 9.15 Å². The standard InChI is InChI=1S/C12H16O3/c1-9-5-6-10(14-9)7-8-11(13)15-12(2,3)4/h5-8H,1-4H3/b8-7+. The van der Waals surface area contributed by atoms with Gasteiger partial charge in [-0.2, -0.15) is 0 Å². The Kier molecular flexibility index (Phi) is 3.35. The van der Waals surface area contributed by atoms with Gasteiger partial charge in [-0.25, -0.2) is 4.79 Å². The quantitative estimate of drug-likeness (QED) is 0.554. The maximum atomic E-state index is 11.3. The fraction of sp³-hybridized carbons (Fsp3) is 0.417. The molecular formula is C12H16O3. The lowest BCUT2D eigenvalue weighted by Crippen LogP contribution is -2.22. The van der Waals surface area contributed by atoms with Crippen molar-refractivity contribution in [2.45, 2.75) is 33.3 Å². The second-order valence-electron chi connectivity index (χ2n) is 4.32. The van der Waals surface area contributed by atoms with Gasteiger partial charge in [-0.15, -0.1) is 0 Å². The fourth-order valence-corrected chi connectivity index (χ4v) is 1.03. The highest BCUT2D eigenvalue weighted by Crippen LogP contribution is 2.10. The van der Waals surface area contributed by atoms with Crippen molar-refractivity contribution in [3.8, 4) is 0 Å². The molecule has 82 valence electrons. The number of ether oxygens (including phenoxy) is 1. The van der Waals surface area contributed by atoms with E-state index in [-0.39, 0.29) is 5.97 Å². The van der Waals surface area contributed by atoms with Crippen LogP contribution >= 0.6 is 0 Å². The van der Waals surface area contributed by atoms with Gasteiger partial charge in [0.05, 0.1) is 0 Å². The summed E-state index contributed by atoms with van der Waals surface area (Å²) in [6, 6.07) is 3.64. The van der Waals surface area contributed by atoms with Crippen molar-refractivity contribution in [1.82, 2.24) is 0 Å². The van der Waals surface area contributed by atoms with Gasteiger partial charge in [0, 0.05) is 6.08 Å². The Labute approximate surface area is 89.7 Å². The lowest BCUT2D eigenvalue weighted by atomic mass is 10.2. The van der Waals surface area contributed by atoms with Crippen molar-refractivity contribution < 1.29 is 13.9 Å². The molecule has 0 spiro atoms. The predicted molar refractivity (Wildman–Crippen MR) is 58.3 cm³/mol. The molecule has 0 bridgehead atoms. The van der Waals surface area contributed by atoms with Crippen molar-refractivity contribution in [3.05, 3.63) is 29.7 Å². The first-order valence-corrected chi connectivity index (χ1v) is 4.84. The number of aryl methyl sites for hydroxylation is 1. The summed E-state index contributed by atoms with van der Waals surface area (Å²) in [7, 11) is 0. The third-order valence-corrected chi connectivity index (χ3v) is 1.55. The number of hydrogen-bond donors (Lipinski definition) is 0. The molecule has 0 amide bonds. The van der Waals surface area contributed by atoms with E-state index in [2.05, 4.69) is 0 Å². The summed E-state index contributed by atoms with van der Waals surface area (Å²) in [5.41, 5.74) is -0.458. The summed E-state index contributed by atoms with van der Waals surface area (Å²) in [5.74, 6) is 1.11. The van der Waals surface area contributed by atoms with Crippen molar-refractivity contribution in [3.63, 3.8) is 0 Å². The Morgan fingerprint density at radius 1 is 1.40 bits per heavy atom. The first kappa shape index (κ1) is 11.6. The maximum Gasteiger partial charge on any atom is 0.331 e. The Bertz CT molecular complexity index is 366. The smallest absolute Gasteiger partial charge is 0.331 e. The molecule has 3 heteroatoms. The van der Waals surface area contributed by atoms with Gasteiger partial charge in [0.2, 0.25) is 0 Å². The fourth-order valence-electron chi connectivity index (χ4n) is 1.03. The van der Waals surface area contributed by atoms with Crippen LogP contribution in [0.2, 0.25) is 0 Å². The van der Waals surface area contributed by atoms with Crippen LogP contribution in [0.3, 0.4) is 0 Å². The van der Waals surface area contributed by atoms with Crippen molar-refractivity contribution in [2.75, 3.05) is 0 Å². The second kappa shape index (κ2) is 4.34. The summed E-state index contributed by atoms with van der Waals surface area (Å²) >= 11 is 0. The number of hydrogen-bond acceptors (Lipinski definition) is 3. The molecule has 0 unspecified atom stereocenters. The van der Waals surface area contributed by atoms with Crippen LogP contribution in [0.25, 0.3) is 6.08 Å². The Balaban J connectivity index is 2.55. The van der Waals surface area contributed by atoms with Crippen molar-refractivity contribution in [1.29, 1.82) is 0 Å². The van der Waals surface area contributed by atoms with E-state index in [0.29, 0.717) is 5.76 Å². The largest absolute Gasteiger partial charge is 0.462 e. The van der Waals surface area contributed by atoms with E-state index >= 15 is 0 Å². The lowest BCUT2D eigenvalue weighted by molar-refractivity contribution is -0.148. The van der Waals surface area contributed by atoms with Gasteiger partial charge in [0.1, 0.15) is 17.1 Å². The van der Waals surface area contributed by atoms with Gasteiger partial charge >= 0.3 is 5.97 Å². The van der Waals surface area contributed by atoms with Crippen LogP contribution in [0.5, 0.6) is 0 Å². The minimum atomic E-state index is -0.458. The molecule has 0 N–H and O–H groups in total. The summed E-state index contributed by atoms with van der Waals surface area (Å²) in [4.78, 5) is 11.3. The Hall–Kier alpha value is -1.51. The van der Waals surface area contributed by atoms with E-state index in [1.807, 2.05) is 33.8 Å². The van der Waals surface area contributed by atoms with Gasteiger partial charge in [-0.05, 0) is 45.9 Å². The van der Waals surface area contributed by atoms with E-state index in [4.69, 9.17) is 9.15 Å². The molecule has 3 nitrogen and oxygen atoms in total. The molecule has 0 saturated heterocycles. The molecule has 15 heavy (non-hydrogen) atoms. The van der Waals surface area contributed by atoms with Crippen LogP contribution in [0.1, 0.15) is 32.3 Å². The van der Waals surface area contributed by atoms with Gasteiger partial charge in [-0.1, -0.05) is 0 Å². The monoisotopic (exact) mass is 208 g/mol. The van der Waals surface area contributed by atoms with Crippen molar-refractivity contribution in [2.24, 2.45) is 0 Å². The third-order valence-electron chi connectivity index (χ3n) is 1.55. The van der Waals surface area contributed by atoms with Crippen LogP contribution in [-0.4, -0.2) is 11.6 Å². The summed E-state index contributed by atoms with van der Waals surface area (Å²) in [6.07, 6.45) is 2.96. The Morgan fingerprint density at radius 2 is 2.07 bits per heavy atom. The van der Waals surface area contributed by atoms with E-state index in [0.717, 1.165) is 5.76 Å². The molecule has 0 atom stereocenters. The van der Waals surface area contributed by atoms with E-state index in [1.54, 1.807) is 12.1 Å². The molecule has 1 rings (SSSR count). The molecule has 1 heterocycles. The van der Waals surface area contributed by atoms with Crippen LogP contribution in [-0.2, 0) is 9.53 Å². The van der Waals surface area contributed by atoms with Crippen LogP contribution < -0.4 is 0 Å². The second-order valence-corrected chi connectivity index (χ2v) is 4.32. The number of carbonyl (C=O) groups excluding carboxylic acids is 1. The highest BCUT2D eigenvalue weighted by Gasteiger charge is 2.13. The molecule has 0 aromatic carbocycles. The zero-order valence-corrected chi connectivity index (χ0v) is 9.53. The number of carbonyl (C=O) groups is 1. The number of esters is 1. The average Bonchev–Trinajstić information content (AvgIpc) is 2.45. The molecule has 1 aromatic heterocycles. The third kappa shape index (κ3) is 4.49. The minimum Gasteiger partial charge on any atom is -0.462 e. The molecule has 0 aliphatic heterocycles. The number of rotatable bonds is 2. The zero-order valence-electron chi connectivity index (χ0n) is 9.53. The van der Waals surface area contributed by atoms with Gasteiger partial charge in [0.15, 0.2) is 0 Å². The topological polar surface area (TPSA) is 39.4 Å². The Morgan fingerprint density at radius 3 is 2.53 bits per heavy atom. The SMILES string of the molecule is Cc1ccc(/C=C/C(=O)OC(C)(C)C)o1. The molecule has 1 aromatic rings. The predicted octanol–water partition coefficient (Wildman–Crippen LogP) is 2.94. The van der Waals surface area contributed by atoms with Crippen LogP contribution in [0.15, 0.2) is 22.6 Å². The molecule has 0 radical (unpaired) electrons. The first-order chi connectivity index (χ1) is 6.87. The molecule has 0 aliphatic carbocycles. The van der Waals surface area contributed by atoms with Gasteiger partial charge in [-0.3, -0.25) is 0 Å². The normalized spacial score (nSPS) is 12.0. The van der Waals surface area contributed by atoms with E-state index < -0.39 is 5.60 Å². The summed E-state index contributed by atoms with van der Waals surface area (Å²) in [6.45, 7) is 7.34. The van der Waals surface area contributed by atoms with Crippen LogP contribution in [0, 0.1) is 6.92 Å². The highest BCUT2D eigenvalue weighted by molar-refractivity contribution is 5.86. The lowest BCUT2D eigenvalue weighted by Gasteiger charge is -2.17. The maximum absolute atomic E-state index is 11.3. The van der Waals surface area contributed by atoms with E-state index in [9.17, 15) is 4.79 Å². The molecule has 0 aliphatic rings. The number of furan rings is 1. The van der Waals surface area contributed by atoms with Gasteiger partial charge in [0.25, 0.3) is 0 Å². The average molecular weight is 208 g/mol. The van der Waals surface area contributed by atoms with Crippen molar-refractivity contribution >= 4 is 12.0 Å². The summed E-state index contributed by atoms with van der Waals surface area (Å²) < 4.78 is 10.4. The first-order valence-electron chi connectivity index (χ1n) is 4.84. The molecular weight excluding hydrogens is 192 g/mol. The zero-order chi connectivity index (χ0) is 11.5. The summed E-state index contributed by atoms with van der Waals surface area (Å²) in [5, 5.41) is 0. The molecule has 0 saturated carbocycles. The van der Waals surface area contributed by atoms with E-state index in [1.165, 1.54) is 6.08 Å². The highest BCUT2D eigenvalue weighted by atomic mass is 16.6. The van der Waals surface area contributed by atoms with Crippen LogP contribution in [0.4, 0.5) is 0 Å².